The standard InChI is InChI=1S/C22H22F3N3O5.ClH/c1-20-13-14(21(2,33-20)16(27(3)4)15(20)19(31)32-5)18(30)28(17(13)29)11-7-6-10(9-26)12(8-11)22(23,24)25;/h6-8,13-16H,1-5H3;1H/t13-,14+,15-,16+,20?,21?;/m0./s1. The maximum absolute atomic E-state index is 13.5. The highest BCUT2D eigenvalue weighted by atomic mass is 35.5. The number of imide groups is 1. The van der Waals surface area contributed by atoms with Crippen LogP contribution in [0.15, 0.2) is 18.2 Å². The van der Waals surface area contributed by atoms with Crippen LogP contribution < -0.4 is 4.90 Å². The largest absolute Gasteiger partial charge is 0.469 e. The van der Waals surface area contributed by atoms with Crippen molar-refractivity contribution < 1.29 is 37.0 Å². The minimum atomic E-state index is -4.85. The number of carbonyl (C=O) groups is 3. The highest BCUT2D eigenvalue weighted by molar-refractivity contribution is 6.23. The third-order valence-electron chi connectivity index (χ3n) is 7.20. The molecule has 1 aromatic carbocycles. The summed E-state index contributed by atoms with van der Waals surface area (Å²) in [5.41, 5.74) is -4.81. The van der Waals surface area contributed by atoms with E-state index in [0.717, 1.165) is 17.0 Å². The number of amides is 2. The second kappa shape index (κ2) is 7.93. The van der Waals surface area contributed by atoms with Crippen molar-refractivity contribution in [2.75, 3.05) is 26.1 Å². The van der Waals surface area contributed by atoms with Gasteiger partial charge in [0.1, 0.15) is 5.92 Å². The Morgan fingerprint density at radius 2 is 1.74 bits per heavy atom. The molecule has 3 saturated heterocycles. The van der Waals surface area contributed by atoms with E-state index < -0.39 is 70.1 Å². The number of hydrogen-bond acceptors (Lipinski definition) is 7. The van der Waals surface area contributed by atoms with Crippen molar-refractivity contribution in [2.24, 2.45) is 17.8 Å². The number of methoxy groups -OCH3 is 1. The fraction of sp³-hybridized carbons (Fsp3) is 0.545. The lowest BCUT2D eigenvalue weighted by atomic mass is 9.61. The minimum Gasteiger partial charge on any atom is -0.469 e. The number of likely N-dealkylation sites (N-methyl/N-ethyl adjacent to an activating group) is 1. The Morgan fingerprint density at radius 1 is 1.18 bits per heavy atom. The zero-order chi connectivity index (χ0) is 24.7. The van der Waals surface area contributed by atoms with Crippen molar-refractivity contribution in [1.29, 1.82) is 5.26 Å². The number of rotatable bonds is 3. The van der Waals surface area contributed by atoms with Crippen LogP contribution in [0.4, 0.5) is 18.9 Å². The van der Waals surface area contributed by atoms with Gasteiger partial charge in [-0.1, -0.05) is 0 Å². The van der Waals surface area contributed by atoms with E-state index in [4.69, 9.17) is 14.7 Å². The second-order valence-electron chi connectivity index (χ2n) is 9.19. The maximum Gasteiger partial charge on any atom is 0.417 e. The molecular formula is C22H23ClF3N3O5. The van der Waals surface area contributed by atoms with Crippen LogP contribution in [-0.4, -0.2) is 61.1 Å². The molecule has 12 heteroatoms. The van der Waals surface area contributed by atoms with E-state index in [9.17, 15) is 27.6 Å². The average molecular weight is 502 g/mol. The molecule has 0 radical (unpaired) electrons. The summed E-state index contributed by atoms with van der Waals surface area (Å²) in [6, 6.07) is 3.56. The van der Waals surface area contributed by atoms with E-state index >= 15 is 0 Å². The third kappa shape index (κ3) is 3.16. The Hall–Kier alpha value is -2.68. The Kier molecular flexibility index (Phi) is 6.05. The van der Waals surface area contributed by atoms with Crippen molar-refractivity contribution in [3.8, 4) is 6.07 Å². The van der Waals surface area contributed by atoms with E-state index in [1.54, 1.807) is 32.8 Å². The van der Waals surface area contributed by atoms with Gasteiger partial charge in [0.15, 0.2) is 0 Å². The van der Waals surface area contributed by atoms with Gasteiger partial charge in [-0.25, -0.2) is 4.90 Å². The lowest BCUT2D eigenvalue weighted by Crippen LogP contribution is -2.61. The van der Waals surface area contributed by atoms with Crippen molar-refractivity contribution in [3.05, 3.63) is 29.3 Å². The summed E-state index contributed by atoms with van der Waals surface area (Å²) in [5, 5.41) is 9.04. The normalized spacial score (nSPS) is 34.2. The Bertz CT molecular complexity index is 1120. The van der Waals surface area contributed by atoms with Gasteiger partial charge in [-0.05, 0) is 46.1 Å². The van der Waals surface area contributed by atoms with Crippen molar-refractivity contribution in [1.82, 2.24) is 4.90 Å². The van der Waals surface area contributed by atoms with Crippen LogP contribution >= 0.6 is 12.4 Å². The summed E-state index contributed by atoms with van der Waals surface area (Å²) in [6.07, 6.45) is -4.85. The van der Waals surface area contributed by atoms with E-state index in [1.165, 1.54) is 13.2 Å². The van der Waals surface area contributed by atoms with Gasteiger partial charge >= 0.3 is 12.1 Å². The first-order valence-electron chi connectivity index (χ1n) is 10.2. The van der Waals surface area contributed by atoms with E-state index in [1.807, 2.05) is 0 Å². The monoisotopic (exact) mass is 501 g/mol. The summed E-state index contributed by atoms with van der Waals surface area (Å²) < 4.78 is 51.7. The number of nitriles is 1. The van der Waals surface area contributed by atoms with Gasteiger partial charge in [0, 0.05) is 0 Å². The van der Waals surface area contributed by atoms with Crippen molar-refractivity contribution in [2.45, 2.75) is 37.3 Å². The number of anilines is 1. The minimum absolute atomic E-state index is 0. The smallest absolute Gasteiger partial charge is 0.417 e. The molecule has 3 aliphatic heterocycles. The van der Waals surface area contributed by atoms with Gasteiger partial charge in [-0.3, -0.25) is 14.4 Å². The van der Waals surface area contributed by atoms with E-state index in [-0.39, 0.29) is 18.1 Å². The van der Waals surface area contributed by atoms with Crippen molar-refractivity contribution in [3.63, 3.8) is 0 Å². The number of fused-ring (bicyclic) bond motifs is 5. The number of alkyl halides is 3. The second-order valence-corrected chi connectivity index (χ2v) is 9.19. The maximum atomic E-state index is 13.5. The molecule has 8 nitrogen and oxygen atoms in total. The molecule has 3 fully saturated rings. The number of benzene rings is 1. The van der Waals surface area contributed by atoms with Crippen LogP contribution in [0.1, 0.15) is 25.0 Å². The lowest BCUT2D eigenvalue weighted by molar-refractivity contribution is -0.155. The number of halogens is 4. The summed E-state index contributed by atoms with van der Waals surface area (Å²) in [7, 11) is 4.64. The van der Waals surface area contributed by atoms with Crippen LogP contribution in [0, 0.1) is 29.1 Å². The number of hydrogen-bond donors (Lipinski definition) is 0. The van der Waals surface area contributed by atoms with Gasteiger partial charge < -0.3 is 14.4 Å². The molecule has 6 atom stereocenters. The van der Waals surface area contributed by atoms with Crippen LogP contribution in [0.5, 0.6) is 0 Å². The highest BCUT2D eigenvalue weighted by Crippen LogP contribution is 2.64. The van der Waals surface area contributed by atoms with Gasteiger partial charge in [-0.15, -0.1) is 12.4 Å². The lowest BCUT2D eigenvalue weighted by Gasteiger charge is -2.42. The zero-order valence-electron chi connectivity index (χ0n) is 19.0. The number of ether oxygens (including phenoxy) is 2. The van der Waals surface area contributed by atoms with E-state index in [0.29, 0.717) is 6.07 Å². The number of nitrogens with zero attached hydrogens (tertiary/aromatic N) is 3. The molecule has 0 spiro atoms. The van der Waals surface area contributed by atoms with Crippen LogP contribution in [-0.2, 0) is 30.0 Å². The predicted octanol–water partition coefficient (Wildman–Crippen LogP) is 2.39. The van der Waals surface area contributed by atoms with Crippen LogP contribution in [0.2, 0.25) is 0 Å². The number of esters is 1. The predicted molar refractivity (Wildman–Crippen MR) is 114 cm³/mol. The van der Waals surface area contributed by atoms with Crippen LogP contribution in [0.3, 0.4) is 0 Å². The fourth-order valence-corrected chi connectivity index (χ4v) is 6.13. The van der Waals surface area contributed by atoms with Gasteiger partial charge in [0.25, 0.3) is 0 Å². The molecule has 3 heterocycles. The SMILES string of the molecule is COC(=O)[C@@H]1[C@@H](N(C)C)C2(C)OC1(C)[C@@H]1C(=O)N(c3ccc(C#N)c(C(F)(F)F)c3)C(=O)[C@@H]12.Cl. The van der Waals surface area contributed by atoms with Crippen molar-refractivity contribution >= 4 is 35.9 Å². The molecule has 2 bridgehead atoms. The highest BCUT2D eigenvalue weighted by Gasteiger charge is 2.81. The quantitative estimate of drug-likeness (QED) is 0.463. The van der Waals surface area contributed by atoms with Gasteiger partial charge in [0.2, 0.25) is 11.8 Å². The first kappa shape index (κ1) is 25.9. The molecule has 0 saturated carbocycles. The van der Waals surface area contributed by atoms with Gasteiger partial charge in [-0.2, -0.15) is 18.4 Å². The summed E-state index contributed by atoms with van der Waals surface area (Å²) >= 11 is 0. The summed E-state index contributed by atoms with van der Waals surface area (Å²) in [4.78, 5) is 42.2. The third-order valence-corrected chi connectivity index (χ3v) is 7.20. The summed E-state index contributed by atoms with van der Waals surface area (Å²) in [5.74, 6) is -5.04. The Balaban J connectivity index is 0.00000324. The topological polar surface area (TPSA) is 99.9 Å². The number of carbonyl (C=O) groups excluding carboxylic acids is 3. The molecule has 0 aromatic heterocycles. The summed E-state index contributed by atoms with van der Waals surface area (Å²) in [6.45, 7) is 3.20. The molecule has 2 unspecified atom stereocenters. The Labute approximate surface area is 200 Å². The first-order chi connectivity index (χ1) is 15.2. The van der Waals surface area contributed by atoms with E-state index in [2.05, 4.69) is 0 Å². The molecule has 0 aliphatic carbocycles. The molecule has 4 rings (SSSR count). The molecule has 184 valence electrons. The van der Waals surface area contributed by atoms with Crippen LogP contribution in [0.25, 0.3) is 0 Å². The molecule has 2 amide bonds. The molecule has 34 heavy (non-hydrogen) atoms. The molecule has 0 N–H and O–H groups in total. The fourth-order valence-electron chi connectivity index (χ4n) is 6.13. The zero-order valence-corrected chi connectivity index (χ0v) is 19.8. The average Bonchev–Trinajstić information content (AvgIpc) is 3.25. The Morgan fingerprint density at radius 3 is 2.21 bits per heavy atom. The molecular weight excluding hydrogens is 479 g/mol. The molecule has 3 aliphatic rings. The van der Waals surface area contributed by atoms with Gasteiger partial charge in [0.05, 0.1) is 59.1 Å². The first-order valence-corrected chi connectivity index (χ1v) is 10.2. The molecule has 1 aromatic rings.